The van der Waals surface area contributed by atoms with Gasteiger partial charge in [0.15, 0.2) is 0 Å². The number of aliphatic hydroxyl groups excluding tert-OH is 1. The molecule has 1 rings (SSSR count). The fraction of sp³-hybridized carbons (Fsp3) is 0.944. The van der Waals surface area contributed by atoms with Crippen molar-refractivity contribution in [2.24, 2.45) is 5.41 Å². The van der Waals surface area contributed by atoms with Crippen LogP contribution < -0.4 is 5.32 Å². The quantitative estimate of drug-likeness (QED) is 0.786. The van der Waals surface area contributed by atoms with Crippen LogP contribution >= 0.6 is 0 Å². The van der Waals surface area contributed by atoms with Gasteiger partial charge in [0.2, 0.25) is 0 Å². The third-order valence-electron chi connectivity index (χ3n) is 5.19. The first-order chi connectivity index (χ1) is 10.7. The van der Waals surface area contributed by atoms with Gasteiger partial charge in [0.1, 0.15) is 5.60 Å². The van der Waals surface area contributed by atoms with Crippen molar-refractivity contribution >= 4 is 6.09 Å². The van der Waals surface area contributed by atoms with Crippen LogP contribution in [0, 0.1) is 5.41 Å². The van der Waals surface area contributed by atoms with E-state index in [4.69, 9.17) is 4.74 Å². The standard InChI is InChI=1S/C18H36N2O3/c1-7-18(8-2,13-21)12-19-15-10-9-11-20(14(15)3)16(22)23-17(4,5)6/h14-15,19,21H,7-13H2,1-6H3. The van der Waals surface area contributed by atoms with Gasteiger partial charge in [-0.05, 0) is 53.4 Å². The molecule has 0 spiro atoms. The molecule has 0 aromatic heterocycles. The monoisotopic (exact) mass is 328 g/mol. The van der Waals surface area contributed by atoms with Crippen LogP contribution in [0.5, 0.6) is 0 Å². The summed E-state index contributed by atoms with van der Waals surface area (Å²) in [5, 5.41) is 13.3. The van der Waals surface area contributed by atoms with Crippen molar-refractivity contribution in [3.8, 4) is 0 Å². The first-order valence-electron chi connectivity index (χ1n) is 9.02. The second-order valence-electron chi connectivity index (χ2n) is 7.91. The summed E-state index contributed by atoms with van der Waals surface area (Å²) in [6, 6.07) is 0.351. The first kappa shape index (κ1) is 20.2. The van der Waals surface area contributed by atoms with E-state index in [-0.39, 0.29) is 30.2 Å². The van der Waals surface area contributed by atoms with E-state index in [1.54, 1.807) is 0 Å². The molecule has 1 saturated heterocycles. The van der Waals surface area contributed by atoms with Gasteiger partial charge in [-0.25, -0.2) is 4.79 Å². The smallest absolute Gasteiger partial charge is 0.410 e. The number of amides is 1. The number of piperidine rings is 1. The normalized spacial score (nSPS) is 23.0. The summed E-state index contributed by atoms with van der Waals surface area (Å²) in [7, 11) is 0. The molecule has 2 atom stereocenters. The van der Waals surface area contributed by atoms with Gasteiger partial charge < -0.3 is 20.1 Å². The highest BCUT2D eigenvalue weighted by Gasteiger charge is 2.35. The second-order valence-corrected chi connectivity index (χ2v) is 7.91. The van der Waals surface area contributed by atoms with Crippen LogP contribution in [0.15, 0.2) is 0 Å². The molecule has 0 radical (unpaired) electrons. The number of rotatable bonds is 6. The van der Waals surface area contributed by atoms with Crippen LogP contribution in [-0.2, 0) is 4.74 Å². The number of carbonyl (C=O) groups excluding carboxylic acids is 1. The van der Waals surface area contributed by atoms with Crippen molar-refractivity contribution in [3.63, 3.8) is 0 Å². The largest absolute Gasteiger partial charge is 0.444 e. The van der Waals surface area contributed by atoms with Crippen LogP contribution in [-0.4, -0.2) is 53.5 Å². The minimum atomic E-state index is -0.465. The lowest BCUT2D eigenvalue weighted by molar-refractivity contribution is 0.00548. The summed E-state index contributed by atoms with van der Waals surface area (Å²) in [6.45, 7) is 13.8. The Balaban J connectivity index is 2.66. The molecule has 5 nitrogen and oxygen atoms in total. The summed E-state index contributed by atoms with van der Waals surface area (Å²) in [5.41, 5.74) is -0.526. The van der Waals surface area contributed by atoms with E-state index in [0.29, 0.717) is 0 Å². The fourth-order valence-electron chi connectivity index (χ4n) is 3.12. The molecule has 0 bridgehead atoms. The van der Waals surface area contributed by atoms with E-state index >= 15 is 0 Å². The number of nitrogens with one attached hydrogen (secondary N) is 1. The molecule has 1 fully saturated rings. The van der Waals surface area contributed by atoms with Gasteiger partial charge in [-0.2, -0.15) is 0 Å². The van der Waals surface area contributed by atoms with Crippen molar-refractivity contribution < 1.29 is 14.6 Å². The van der Waals surface area contributed by atoms with E-state index in [1.165, 1.54) is 0 Å². The molecular weight excluding hydrogens is 292 g/mol. The van der Waals surface area contributed by atoms with Crippen LogP contribution in [0.25, 0.3) is 0 Å². The molecule has 1 aliphatic heterocycles. The molecule has 136 valence electrons. The highest BCUT2D eigenvalue weighted by atomic mass is 16.6. The van der Waals surface area contributed by atoms with E-state index in [1.807, 2.05) is 25.7 Å². The average molecular weight is 328 g/mol. The predicted molar refractivity (Wildman–Crippen MR) is 93.5 cm³/mol. The lowest BCUT2D eigenvalue weighted by Crippen LogP contribution is -2.57. The van der Waals surface area contributed by atoms with Crippen molar-refractivity contribution in [2.45, 2.75) is 84.9 Å². The Labute approximate surface area is 141 Å². The van der Waals surface area contributed by atoms with Crippen molar-refractivity contribution in [1.82, 2.24) is 10.2 Å². The number of aliphatic hydroxyl groups is 1. The Morgan fingerprint density at radius 2 is 1.91 bits per heavy atom. The Hall–Kier alpha value is -0.810. The van der Waals surface area contributed by atoms with Gasteiger partial charge in [0.25, 0.3) is 0 Å². The van der Waals surface area contributed by atoms with Gasteiger partial charge in [0.05, 0.1) is 0 Å². The SMILES string of the molecule is CCC(CC)(CO)CNC1CCCN(C(=O)OC(C)(C)C)C1C. The summed E-state index contributed by atoms with van der Waals surface area (Å²) >= 11 is 0. The Morgan fingerprint density at radius 3 is 2.39 bits per heavy atom. The van der Waals surface area contributed by atoms with Crippen molar-refractivity contribution in [2.75, 3.05) is 19.7 Å². The Morgan fingerprint density at radius 1 is 1.30 bits per heavy atom. The lowest BCUT2D eigenvalue weighted by Gasteiger charge is -2.42. The molecule has 1 aliphatic rings. The van der Waals surface area contributed by atoms with Crippen LogP contribution in [0.2, 0.25) is 0 Å². The fourth-order valence-corrected chi connectivity index (χ4v) is 3.12. The molecule has 0 aromatic carbocycles. The zero-order valence-electron chi connectivity index (χ0n) is 15.8. The Kier molecular flexibility index (Phi) is 7.33. The number of nitrogens with zero attached hydrogens (tertiary/aromatic N) is 1. The molecule has 1 amide bonds. The highest BCUT2D eigenvalue weighted by Crippen LogP contribution is 2.26. The van der Waals surface area contributed by atoms with E-state index < -0.39 is 5.60 Å². The highest BCUT2D eigenvalue weighted by molar-refractivity contribution is 5.68. The zero-order valence-corrected chi connectivity index (χ0v) is 15.8. The molecule has 23 heavy (non-hydrogen) atoms. The molecule has 0 aromatic rings. The summed E-state index contributed by atoms with van der Waals surface area (Å²) in [6.07, 6.45) is 3.70. The first-order valence-corrected chi connectivity index (χ1v) is 9.02. The molecule has 0 aliphatic carbocycles. The maximum atomic E-state index is 12.4. The summed E-state index contributed by atoms with van der Waals surface area (Å²) < 4.78 is 5.52. The minimum Gasteiger partial charge on any atom is -0.444 e. The number of hydrogen-bond donors (Lipinski definition) is 2. The topological polar surface area (TPSA) is 61.8 Å². The molecule has 5 heteroatoms. The lowest BCUT2D eigenvalue weighted by atomic mass is 9.82. The van der Waals surface area contributed by atoms with E-state index in [0.717, 1.165) is 38.8 Å². The minimum absolute atomic E-state index is 0.0616. The van der Waals surface area contributed by atoms with Crippen molar-refractivity contribution in [1.29, 1.82) is 0 Å². The van der Waals surface area contributed by atoms with E-state index in [9.17, 15) is 9.90 Å². The zero-order chi connectivity index (χ0) is 17.7. The summed E-state index contributed by atoms with van der Waals surface area (Å²) in [5.74, 6) is 0. The second kappa shape index (κ2) is 8.34. The number of hydrogen-bond acceptors (Lipinski definition) is 4. The maximum Gasteiger partial charge on any atom is 0.410 e. The molecule has 2 N–H and O–H groups in total. The Bertz CT molecular complexity index is 367. The van der Waals surface area contributed by atoms with Gasteiger partial charge >= 0.3 is 6.09 Å². The van der Waals surface area contributed by atoms with Gasteiger partial charge in [-0.1, -0.05) is 13.8 Å². The predicted octanol–water partition coefficient (Wildman–Crippen LogP) is 3.16. The molecule has 1 heterocycles. The molecule has 0 saturated carbocycles. The van der Waals surface area contributed by atoms with Crippen LogP contribution in [0.4, 0.5) is 4.79 Å². The van der Waals surface area contributed by atoms with Gasteiger partial charge in [-0.3, -0.25) is 0 Å². The molecular formula is C18H36N2O3. The van der Waals surface area contributed by atoms with Crippen LogP contribution in [0.3, 0.4) is 0 Å². The summed E-state index contributed by atoms with van der Waals surface area (Å²) in [4.78, 5) is 14.2. The maximum absolute atomic E-state index is 12.4. The number of ether oxygens (including phenoxy) is 1. The third-order valence-corrected chi connectivity index (χ3v) is 5.19. The van der Waals surface area contributed by atoms with Gasteiger partial charge in [0, 0.05) is 37.2 Å². The number of carbonyl (C=O) groups is 1. The third kappa shape index (κ3) is 5.64. The van der Waals surface area contributed by atoms with Crippen molar-refractivity contribution in [3.05, 3.63) is 0 Å². The van der Waals surface area contributed by atoms with Gasteiger partial charge in [-0.15, -0.1) is 0 Å². The van der Waals surface area contributed by atoms with Crippen LogP contribution in [0.1, 0.15) is 67.2 Å². The van der Waals surface area contributed by atoms with E-state index in [2.05, 4.69) is 26.1 Å². The number of likely N-dealkylation sites (tertiary alicyclic amines) is 1. The molecule has 2 unspecified atom stereocenters. The average Bonchev–Trinajstić information content (AvgIpc) is 2.48.